The summed E-state index contributed by atoms with van der Waals surface area (Å²) in [6.45, 7) is 15.6. The van der Waals surface area contributed by atoms with Gasteiger partial charge in [0.05, 0.1) is 0 Å². The van der Waals surface area contributed by atoms with E-state index >= 15 is 0 Å². The fraction of sp³-hybridized carbons (Fsp3) is 0.593. The Labute approximate surface area is 204 Å². The Bertz CT molecular complexity index is 952. The van der Waals surface area contributed by atoms with Gasteiger partial charge in [-0.1, -0.05) is 45.9 Å². The van der Waals surface area contributed by atoms with Crippen molar-refractivity contribution in [3.05, 3.63) is 48.0 Å². The second-order valence-corrected chi connectivity index (χ2v) is 10.0. The third-order valence-electron chi connectivity index (χ3n) is 6.37. The summed E-state index contributed by atoms with van der Waals surface area (Å²) in [6.07, 6.45) is 5.11. The van der Waals surface area contributed by atoms with E-state index < -0.39 is 0 Å². The lowest BCUT2D eigenvalue weighted by Crippen LogP contribution is -2.40. The van der Waals surface area contributed by atoms with E-state index in [0.717, 1.165) is 43.1 Å². The number of carbonyl (C=O) groups is 2. The Balaban J connectivity index is 1.84. The minimum atomic E-state index is 0.0429. The zero-order chi connectivity index (χ0) is 24.7. The topological polar surface area (TPSA) is 61.7 Å². The van der Waals surface area contributed by atoms with E-state index in [1.54, 1.807) is 6.92 Å². The standard InChI is InChI=1S/C27H41N5O2/c1-21(2)19-29-13-8-14-32(23(5)33)25-10-7-6-9-24(25)20-31(18-17-29)26(34)11-15-30-16-12-28-27(30)22(3)4/h6-7,9-10,12,16,21-22H,8,11,13-15,17-20H2,1-5H3. The number of rotatable bonds is 6. The molecule has 2 heterocycles. The number of anilines is 1. The van der Waals surface area contributed by atoms with Gasteiger partial charge in [0.15, 0.2) is 0 Å². The Hall–Kier alpha value is -2.67. The van der Waals surface area contributed by atoms with Gasteiger partial charge in [-0.25, -0.2) is 4.98 Å². The highest BCUT2D eigenvalue weighted by Gasteiger charge is 2.22. The minimum absolute atomic E-state index is 0.0429. The van der Waals surface area contributed by atoms with Crippen LogP contribution in [0.4, 0.5) is 5.69 Å². The number of fused-ring (bicyclic) bond motifs is 1. The summed E-state index contributed by atoms with van der Waals surface area (Å²) >= 11 is 0. The van der Waals surface area contributed by atoms with Crippen molar-refractivity contribution < 1.29 is 9.59 Å². The molecule has 7 heteroatoms. The molecule has 186 valence electrons. The SMILES string of the molecule is CC(=O)N1CCCN(CC(C)C)CCN(C(=O)CCn2ccnc2C(C)C)Cc2ccccc21. The third kappa shape index (κ3) is 6.92. The van der Waals surface area contributed by atoms with Crippen LogP contribution in [0, 0.1) is 5.92 Å². The first kappa shape index (κ1) is 25.9. The van der Waals surface area contributed by atoms with E-state index in [1.807, 2.05) is 46.5 Å². The Morgan fingerprint density at radius 3 is 2.50 bits per heavy atom. The van der Waals surface area contributed by atoms with Gasteiger partial charge < -0.3 is 19.3 Å². The number of carbonyl (C=O) groups excluding carboxylic acids is 2. The van der Waals surface area contributed by atoms with Gasteiger partial charge in [-0.2, -0.15) is 0 Å². The molecule has 0 bridgehead atoms. The normalized spacial score (nSPS) is 16.0. The first-order chi connectivity index (χ1) is 16.3. The highest BCUT2D eigenvalue weighted by atomic mass is 16.2. The van der Waals surface area contributed by atoms with Crippen LogP contribution in [0.5, 0.6) is 0 Å². The summed E-state index contributed by atoms with van der Waals surface area (Å²) < 4.78 is 2.09. The molecule has 34 heavy (non-hydrogen) atoms. The minimum Gasteiger partial charge on any atom is -0.337 e. The fourth-order valence-electron chi connectivity index (χ4n) is 4.76. The van der Waals surface area contributed by atoms with Crippen LogP contribution >= 0.6 is 0 Å². The molecule has 0 unspecified atom stereocenters. The molecule has 0 aliphatic carbocycles. The van der Waals surface area contributed by atoms with Crippen molar-refractivity contribution in [1.29, 1.82) is 0 Å². The second kappa shape index (κ2) is 12.2. The van der Waals surface area contributed by atoms with Gasteiger partial charge in [0.25, 0.3) is 0 Å². The van der Waals surface area contributed by atoms with E-state index in [4.69, 9.17) is 0 Å². The second-order valence-electron chi connectivity index (χ2n) is 10.0. The molecular formula is C27H41N5O2. The highest BCUT2D eigenvalue weighted by molar-refractivity contribution is 5.92. The smallest absolute Gasteiger partial charge is 0.224 e. The summed E-state index contributed by atoms with van der Waals surface area (Å²) in [5.74, 6) is 2.05. The Kier molecular flexibility index (Phi) is 9.28. The van der Waals surface area contributed by atoms with Gasteiger partial charge in [0, 0.05) is 76.6 Å². The predicted octanol–water partition coefficient (Wildman–Crippen LogP) is 4.14. The molecule has 0 atom stereocenters. The molecule has 1 aromatic heterocycles. The van der Waals surface area contributed by atoms with Gasteiger partial charge in [-0.05, 0) is 30.5 Å². The van der Waals surface area contributed by atoms with Gasteiger partial charge in [0.1, 0.15) is 5.82 Å². The van der Waals surface area contributed by atoms with E-state index in [9.17, 15) is 9.59 Å². The average molecular weight is 468 g/mol. The summed E-state index contributed by atoms with van der Waals surface area (Å²) in [7, 11) is 0. The molecule has 1 aromatic carbocycles. The summed E-state index contributed by atoms with van der Waals surface area (Å²) in [6, 6.07) is 8.01. The van der Waals surface area contributed by atoms with Gasteiger partial charge in [0.2, 0.25) is 11.8 Å². The molecule has 1 aliphatic rings. The summed E-state index contributed by atoms with van der Waals surface area (Å²) in [5, 5.41) is 0. The number of hydrogen-bond acceptors (Lipinski definition) is 4. The van der Waals surface area contributed by atoms with Crippen LogP contribution < -0.4 is 4.90 Å². The zero-order valence-electron chi connectivity index (χ0n) is 21.5. The van der Waals surface area contributed by atoms with E-state index in [0.29, 0.717) is 44.4 Å². The van der Waals surface area contributed by atoms with Gasteiger partial charge in [-0.15, -0.1) is 0 Å². The van der Waals surface area contributed by atoms with Crippen LogP contribution in [-0.2, 0) is 22.7 Å². The van der Waals surface area contributed by atoms with Crippen molar-refractivity contribution >= 4 is 17.5 Å². The molecule has 0 fully saturated rings. The van der Waals surface area contributed by atoms with Crippen LogP contribution in [-0.4, -0.2) is 63.9 Å². The lowest BCUT2D eigenvalue weighted by atomic mass is 10.1. The summed E-state index contributed by atoms with van der Waals surface area (Å²) in [4.78, 5) is 36.7. The molecule has 1 aliphatic heterocycles. The molecule has 3 rings (SSSR count). The zero-order valence-corrected chi connectivity index (χ0v) is 21.5. The Morgan fingerprint density at radius 1 is 1.03 bits per heavy atom. The molecule has 2 aromatic rings. The number of aromatic nitrogens is 2. The molecule has 0 saturated carbocycles. The first-order valence-corrected chi connectivity index (χ1v) is 12.6. The molecule has 2 amide bonds. The van der Waals surface area contributed by atoms with Crippen molar-refractivity contribution in [2.45, 2.75) is 66.5 Å². The number of aryl methyl sites for hydroxylation is 1. The maximum atomic E-state index is 13.5. The lowest BCUT2D eigenvalue weighted by Gasteiger charge is -2.29. The van der Waals surface area contributed by atoms with Crippen molar-refractivity contribution in [3.8, 4) is 0 Å². The Morgan fingerprint density at radius 2 is 1.79 bits per heavy atom. The molecule has 7 nitrogen and oxygen atoms in total. The van der Waals surface area contributed by atoms with E-state index in [-0.39, 0.29) is 11.8 Å². The van der Waals surface area contributed by atoms with Crippen molar-refractivity contribution in [1.82, 2.24) is 19.4 Å². The predicted molar refractivity (Wildman–Crippen MR) is 137 cm³/mol. The van der Waals surface area contributed by atoms with Crippen LogP contribution in [0.2, 0.25) is 0 Å². The van der Waals surface area contributed by atoms with Crippen LogP contribution in [0.25, 0.3) is 0 Å². The van der Waals surface area contributed by atoms with Crippen LogP contribution in [0.1, 0.15) is 64.8 Å². The van der Waals surface area contributed by atoms with Crippen LogP contribution in [0.3, 0.4) is 0 Å². The first-order valence-electron chi connectivity index (χ1n) is 12.6. The number of para-hydroxylation sites is 1. The maximum Gasteiger partial charge on any atom is 0.224 e. The number of amides is 2. The average Bonchev–Trinajstić information content (AvgIpc) is 3.25. The maximum absolute atomic E-state index is 13.5. The molecule has 0 N–H and O–H groups in total. The molecule has 0 spiro atoms. The molecule has 0 saturated heterocycles. The monoisotopic (exact) mass is 467 g/mol. The molecular weight excluding hydrogens is 426 g/mol. The van der Waals surface area contributed by atoms with E-state index in [1.165, 1.54) is 0 Å². The van der Waals surface area contributed by atoms with Crippen molar-refractivity contribution in [2.24, 2.45) is 5.92 Å². The van der Waals surface area contributed by atoms with E-state index in [2.05, 4.69) is 42.1 Å². The van der Waals surface area contributed by atoms with Crippen LogP contribution in [0.15, 0.2) is 36.7 Å². The number of nitrogens with zero attached hydrogens (tertiary/aromatic N) is 5. The fourth-order valence-corrected chi connectivity index (χ4v) is 4.76. The third-order valence-corrected chi connectivity index (χ3v) is 6.37. The number of hydrogen-bond donors (Lipinski definition) is 0. The molecule has 0 radical (unpaired) electrons. The lowest BCUT2D eigenvalue weighted by molar-refractivity contribution is -0.132. The number of benzene rings is 1. The van der Waals surface area contributed by atoms with Crippen molar-refractivity contribution in [2.75, 3.05) is 37.6 Å². The quantitative estimate of drug-likeness (QED) is 0.641. The van der Waals surface area contributed by atoms with Gasteiger partial charge >= 0.3 is 0 Å². The summed E-state index contributed by atoms with van der Waals surface area (Å²) in [5.41, 5.74) is 1.94. The van der Waals surface area contributed by atoms with Gasteiger partial charge in [-0.3, -0.25) is 9.59 Å². The van der Waals surface area contributed by atoms with Crippen molar-refractivity contribution in [3.63, 3.8) is 0 Å². The highest BCUT2D eigenvalue weighted by Crippen LogP contribution is 2.24. The largest absolute Gasteiger partial charge is 0.337 e. The number of imidazole rings is 1.